The van der Waals surface area contributed by atoms with Gasteiger partial charge < -0.3 is 5.32 Å². The van der Waals surface area contributed by atoms with Gasteiger partial charge in [-0.15, -0.1) is 0 Å². The maximum absolute atomic E-state index is 13.3. The van der Waals surface area contributed by atoms with Crippen LogP contribution in [0.5, 0.6) is 0 Å². The number of halogens is 1. The Morgan fingerprint density at radius 3 is 3.00 bits per heavy atom. The van der Waals surface area contributed by atoms with Gasteiger partial charge in [-0.05, 0) is 43.4 Å². The lowest BCUT2D eigenvalue weighted by molar-refractivity contribution is 0.102. The molecule has 0 spiro atoms. The third-order valence-electron chi connectivity index (χ3n) is 4.83. The SMILES string of the molecule is Cc1cnn(C2CCCc3ccccc32)c1NC(=O)c1ccnc(F)c1. The van der Waals surface area contributed by atoms with Crippen LogP contribution < -0.4 is 5.32 Å². The van der Waals surface area contributed by atoms with Crippen LogP contribution in [0.2, 0.25) is 0 Å². The van der Waals surface area contributed by atoms with Crippen molar-refractivity contribution in [2.45, 2.75) is 32.2 Å². The second-order valence-electron chi connectivity index (χ2n) is 6.55. The number of aryl methyl sites for hydroxylation is 2. The van der Waals surface area contributed by atoms with Crippen molar-refractivity contribution < 1.29 is 9.18 Å². The Hall–Kier alpha value is -3.02. The molecule has 1 amide bonds. The smallest absolute Gasteiger partial charge is 0.257 e. The van der Waals surface area contributed by atoms with Gasteiger partial charge in [-0.1, -0.05) is 24.3 Å². The fourth-order valence-electron chi connectivity index (χ4n) is 3.55. The fourth-order valence-corrected chi connectivity index (χ4v) is 3.55. The minimum Gasteiger partial charge on any atom is -0.307 e. The number of fused-ring (bicyclic) bond motifs is 1. The van der Waals surface area contributed by atoms with Crippen LogP contribution in [0.15, 0.2) is 48.8 Å². The molecule has 3 aromatic rings. The summed E-state index contributed by atoms with van der Waals surface area (Å²) in [4.78, 5) is 16.0. The molecule has 0 fully saturated rings. The standard InChI is InChI=1S/C20H19FN4O/c1-13-12-23-25(17-8-4-6-14-5-2-3-7-16(14)17)19(13)24-20(26)15-9-10-22-18(21)11-15/h2-3,5,7,9-12,17H,4,6,8H2,1H3,(H,24,26). The number of pyridine rings is 1. The van der Waals surface area contributed by atoms with Crippen molar-refractivity contribution >= 4 is 11.7 Å². The Balaban J connectivity index is 1.68. The van der Waals surface area contributed by atoms with E-state index in [9.17, 15) is 9.18 Å². The summed E-state index contributed by atoms with van der Waals surface area (Å²) >= 11 is 0. The Kier molecular flexibility index (Phi) is 4.24. The summed E-state index contributed by atoms with van der Waals surface area (Å²) in [5, 5.41) is 7.42. The molecular weight excluding hydrogens is 331 g/mol. The van der Waals surface area contributed by atoms with Gasteiger partial charge in [-0.25, -0.2) is 9.67 Å². The molecule has 2 heterocycles. The molecule has 0 saturated heterocycles. The van der Waals surface area contributed by atoms with E-state index in [1.807, 2.05) is 17.7 Å². The molecule has 1 atom stereocenters. The number of hydrogen-bond acceptors (Lipinski definition) is 3. The second kappa shape index (κ2) is 6.71. The average Bonchev–Trinajstić information content (AvgIpc) is 3.01. The van der Waals surface area contributed by atoms with Crippen LogP contribution in [0.3, 0.4) is 0 Å². The summed E-state index contributed by atoms with van der Waals surface area (Å²) in [5.41, 5.74) is 3.67. The van der Waals surface area contributed by atoms with Crippen molar-refractivity contribution in [2.24, 2.45) is 0 Å². The van der Waals surface area contributed by atoms with E-state index in [0.29, 0.717) is 5.82 Å². The first-order chi connectivity index (χ1) is 12.6. The van der Waals surface area contributed by atoms with E-state index in [2.05, 4.69) is 33.6 Å². The van der Waals surface area contributed by atoms with Gasteiger partial charge in [0, 0.05) is 23.4 Å². The van der Waals surface area contributed by atoms with Gasteiger partial charge in [0.15, 0.2) is 0 Å². The zero-order valence-corrected chi connectivity index (χ0v) is 14.4. The summed E-state index contributed by atoms with van der Waals surface area (Å²) in [5.74, 6) is -0.404. The second-order valence-corrected chi connectivity index (χ2v) is 6.55. The van der Waals surface area contributed by atoms with Gasteiger partial charge in [0.2, 0.25) is 5.95 Å². The van der Waals surface area contributed by atoms with Crippen molar-refractivity contribution in [3.63, 3.8) is 0 Å². The highest BCUT2D eigenvalue weighted by atomic mass is 19.1. The Morgan fingerprint density at radius 2 is 2.15 bits per heavy atom. The van der Waals surface area contributed by atoms with E-state index in [0.717, 1.165) is 30.9 Å². The third-order valence-corrected chi connectivity index (χ3v) is 4.83. The first-order valence-corrected chi connectivity index (χ1v) is 8.68. The molecule has 1 aliphatic rings. The van der Waals surface area contributed by atoms with E-state index < -0.39 is 5.95 Å². The maximum atomic E-state index is 13.3. The van der Waals surface area contributed by atoms with Gasteiger partial charge in [0.25, 0.3) is 5.91 Å². The molecule has 0 bridgehead atoms. The predicted octanol–water partition coefficient (Wildman–Crippen LogP) is 3.90. The normalized spacial score (nSPS) is 16.2. The van der Waals surface area contributed by atoms with E-state index in [1.54, 1.807) is 6.20 Å². The molecule has 1 aliphatic carbocycles. The monoisotopic (exact) mass is 350 g/mol. The third kappa shape index (κ3) is 2.98. The highest BCUT2D eigenvalue weighted by Crippen LogP contribution is 2.35. The summed E-state index contributed by atoms with van der Waals surface area (Å²) in [7, 11) is 0. The van der Waals surface area contributed by atoms with Gasteiger partial charge in [-0.3, -0.25) is 4.79 Å². The van der Waals surface area contributed by atoms with Crippen LogP contribution in [-0.4, -0.2) is 20.7 Å². The van der Waals surface area contributed by atoms with E-state index >= 15 is 0 Å². The molecule has 0 aliphatic heterocycles. The quantitative estimate of drug-likeness (QED) is 0.729. The molecule has 132 valence electrons. The van der Waals surface area contributed by atoms with Gasteiger partial charge >= 0.3 is 0 Å². The van der Waals surface area contributed by atoms with Crippen molar-refractivity contribution in [1.29, 1.82) is 0 Å². The van der Waals surface area contributed by atoms with E-state index in [-0.39, 0.29) is 17.5 Å². The molecule has 4 rings (SSSR count). The molecule has 0 saturated carbocycles. The molecule has 5 nitrogen and oxygen atoms in total. The lowest BCUT2D eigenvalue weighted by Gasteiger charge is -2.27. The predicted molar refractivity (Wildman–Crippen MR) is 96.6 cm³/mol. The number of hydrogen-bond donors (Lipinski definition) is 1. The van der Waals surface area contributed by atoms with Crippen molar-refractivity contribution in [1.82, 2.24) is 14.8 Å². The Morgan fingerprint density at radius 1 is 1.31 bits per heavy atom. The summed E-state index contributed by atoms with van der Waals surface area (Å²) < 4.78 is 15.2. The molecule has 2 aromatic heterocycles. The molecular formula is C20H19FN4O. The van der Waals surface area contributed by atoms with Gasteiger partial charge in [0.1, 0.15) is 5.82 Å². The number of anilines is 1. The number of amides is 1. The van der Waals surface area contributed by atoms with Crippen molar-refractivity contribution in [2.75, 3.05) is 5.32 Å². The van der Waals surface area contributed by atoms with Crippen LogP contribution in [0.1, 0.15) is 45.9 Å². The summed E-state index contributed by atoms with van der Waals surface area (Å²) in [6.45, 7) is 1.90. The van der Waals surface area contributed by atoms with Crippen LogP contribution >= 0.6 is 0 Å². The number of nitrogens with zero attached hydrogens (tertiary/aromatic N) is 3. The van der Waals surface area contributed by atoms with Crippen molar-refractivity contribution in [3.8, 4) is 0 Å². The molecule has 0 radical (unpaired) electrons. The largest absolute Gasteiger partial charge is 0.307 e. The first-order valence-electron chi connectivity index (χ1n) is 8.68. The lowest BCUT2D eigenvalue weighted by atomic mass is 9.88. The maximum Gasteiger partial charge on any atom is 0.257 e. The van der Waals surface area contributed by atoms with Crippen molar-refractivity contribution in [3.05, 3.63) is 77.0 Å². The van der Waals surface area contributed by atoms with Gasteiger partial charge in [-0.2, -0.15) is 9.49 Å². The number of nitrogens with one attached hydrogen (secondary N) is 1. The highest BCUT2D eigenvalue weighted by molar-refractivity contribution is 6.04. The zero-order chi connectivity index (χ0) is 18.1. The molecule has 1 aromatic carbocycles. The van der Waals surface area contributed by atoms with Crippen LogP contribution in [0, 0.1) is 12.9 Å². The Bertz CT molecular complexity index is 966. The Labute approximate surface area is 150 Å². The van der Waals surface area contributed by atoms with Crippen LogP contribution in [-0.2, 0) is 6.42 Å². The van der Waals surface area contributed by atoms with Crippen LogP contribution in [0.25, 0.3) is 0 Å². The minimum atomic E-state index is -0.677. The summed E-state index contributed by atoms with van der Waals surface area (Å²) in [6.07, 6.45) is 6.13. The number of carbonyl (C=O) groups is 1. The average molecular weight is 350 g/mol. The van der Waals surface area contributed by atoms with E-state index in [4.69, 9.17) is 0 Å². The number of aromatic nitrogens is 3. The molecule has 26 heavy (non-hydrogen) atoms. The van der Waals surface area contributed by atoms with E-state index in [1.165, 1.54) is 23.4 Å². The molecule has 6 heteroatoms. The minimum absolute atomic E-state index is 0.0816. The number of benzene rings is 1. The highest BCUT2D eigenvalue weighted by Gasteiger charge is 2.25. The zero-order valence-electron chi connectivity index (χ0n) is 14.4. The molecule has 1 N–H and O–H groups in total. The number of carbonyl (C=O) groups excluding carboxylic acids is 1. The fraction of sp³-hybridized carbons (Fsp3) is 0.250. The summed E-state index contributed by atoms with van der Waals surface area (Å²) in [6, 6.07) is 11.1. The van der Waals surface area contributed by atoms with Crippen LogP contribution in [0.4, 0.5) is 10.2 Å². The topological polar surface area (TPSA) is 59.8 Å². The number of rotatable bonds is 3. The lowest BCUT2D eigenvalue weighted by Crippen LogP contribution is -2.22. The van der Waals surface area contributed by atoms with Gasteiger partial charge in [0.05, 0.1) is 12.2 Å². The first kappa shape index (κ1) is 16.4. The molecule has 1 unspecified atom stereocenters.